The molecule has 0 saturated heterocycles. The summed E-state index contributed by atoms with van der Waals surface area (Å²) in [7, 11) is 4.79. The minimum atomic E-state index is 0.0494. The number of ether oxygens (including phenoxy) is 1. The number of carbonyl (C=O) groups is 1. The number of hydrogen-bond donors (Lipinski definition) is 0. The summed E-state index contributed by atoms with van der Waals surface area (Å²) < 4.78 is 5.10. The van der Waals surface area contributed by atoms with Gasteiger partial charge < -0.3 is 4.74 Å². The molecule has 0 bridgehead atoms. The largest absolute Gasteiger partial charge is 0.497 e. The van der Waals surface area contributed by atoms with Crippen LogP contribution in [0.1, 0.15) is 17.9 Å². The quantitative estimate of drug-likeness (QED) is 0.747. The van der Waals surface area contributed by atoms with Crippen LogP contribution in [0.2, 0.25) is 0 Å². The zero-order valence-corrected chi connectivity index (χ0v) is 10.3. The SMILES string of the molecule is COc1ccc([C@H]2C[C@@H]2C(=O)N(C)OC)cc1. The minimum absolute atomic E-state index is 0.0494. The van der Waals surface area contributed by atoms with Crippen molar-refractivity contribution in [1.82, 2.24) is 5.06 Å². The van der Waals surface area contributed by atoms with Crippen LogP contribution in [-0.2, 0) is 9.63 Å². The Balaban J connectivity index is 2.00. The third-order valence-electron chi connectivity index (χ3n) is 3.24. The molecular weight excluding hydrogens is 218 g/mol. The van der Waals surface area contributed by atoms with E-state index in [1.165, 1.54) is 17.7 Å². The molecule has 92 valence electrons. The first-order chi connectivity index (χ1) is 8.17. The van der Waals surface area contributed by atoms with E-state index in [-0.39, 0.29) is 11.8 Å². The second-order valence-electron chi connectivity index (χ2n) is 4.24. The zero-order valence-electron chi connectivity index (χ0n) is 10.3. The standard InChI is InChI=1S/C13H17NO3/c1-14(17-3)13(15)12-8-11(12)9-4-6-10(16-2)7-5-9/h4-7,11-12H,8H2,1-3H3/t11-,12+/m1/s1. The molecule has 17 heavy (non-hydrogen) atoms. The third kappa shape index (κ3) is 2.42. The van der Waals surface area contributed by atoms with Crippen molar-refractivity contribution < 1.29 is 14.4 Å². The summed E-state index contributed by atoms with van der Waals surface area (Å²) in [5.74, 6) is 1.28. The first-order valence-corrected chi connectivity index (χ1v) is 5.63. The van der Waals surface area contributed by atoms with Gasteiger partial charge in [-0.2, -0.15) is 0 Å². The fraction of sp³-hybridized carbons (Fsp3) is 0.462. The van der Waals surface area contributed by atoms with E-state index in [4.69, 9.17) is 9.57 Å². The highest BCUT2D eigenvalue weighted by molar-refractivity contribution is 5.81. The van der Waals surface area contributed by atoms with Crippen LogP contribution in [0.5, 0.6) is 5.75 Å². The van der Waals surface area contributed by atoms with Crippen LogP contribution in [0.3, 0.4) is 0 Å². The predicted molar refractivity (Wildman–Crippen MR) is 63.6 cm³/mol. The maximum Gasteiger partial charge on any atom is 0.249 e. The van der Waals surface area contributed by atoms with Crippen LogP contribution >= 0.6 is 0 Å². The van der Waals surface area contributed by atoms with Crippen LogP contribution in [0.15, 0.2) is 24.3 Å². The van der Waals surface area contributed by atoms with Gasteiger partial charge in [0.05, 0.1) is 14.2 Å². The van der Waals surface area contributed by atoms with Gasteiger partial charge in [0.2, 0.25) is 5.91 Å². The molecule has 0 aromatic heterocycles. The number of rotatable bonds is 4. The number of nitrogens with zero attached hydrogens (tertiary/aromatic N) is 1. The lowest BCUT2D eigenvalue weighted by Crippen LogP contribution is -2.27. The van der Waals surface area contributed by atoms with Gasteiger partial charge in [-0.25, -0.2) is 5.06 Å². The van der Waals surface area contributed by atoms with Gasteiger partial charge in [-0.1, -0.05) is 12.1 Å². The Hall–Kier alpha value is -1.55. The second-order valence-corrected chi connectivity index (χ2v) is 4.24. The van der Waals surface area contributed by atoms with Gasteiger partial charge in [0, 0.05) is 13.0 Å². The van der Waals surface area contributed by atoms with E-state index in [0.29, 0.717) is 5.92 Å². The third-order valence-corrected chi connectivity index (χ3v) is 3.24. The van der Waals surface area contributed by atoms with Gasteiger partial charge in [0.15, 0.2) is 0 Å². The molecule has 1 aliphatic carbocycles. The smallest absolute Gasteiger partial charge is 0.249 e. The van der Waals surface area contributed by atoms with E-state index in [1.54, 1.807) is 14.2 Å². The van der Waals surface area contributed by atoms with Crippen LogP contribution in [0, 0.1) is 5.92 Å². The Morgan fingerprint density at radius 2 is 1.94 bits per heavy atom. The van der Waals surface area contributed by atoms with Crippen molar-refractivity contribution in [3.05, 3.63) is 29.8 Å². The molecule has 1 aromatic rings. The molecule has 1 fully saturated rings. The molecule has 0 spiro atoms. The summed E-state index contributed by atoms with van der Waals surface area (Å²) in [6, 6.07) is 7.89. The monoisotopic (exact) mass is 235 g/mol. The van der Waals surface area contributed by atoms with E-state index in [0.717, 1.165) is 12.2 Å². The molecule has 4 heteroatoms. The fourth-order valence-electron chi connectivity index (χ4n) is 2.01. The molecule has 0 radical (unpaired) electrons. The Kier molecular flexibility index (Phi) is 3.33. The van der Waals surface area contributed by atoms with Crippen LogP contribution in [0.4, 0.5) is 0 Å². The molecule has 0 heterocycles. The summed E-state index contributed by atoms with van der Waals surface area (Å²) in [5, 5.41) is 1.30. The highest BCUT2D eigenvalue weighted by Gasteiger charge is 2.45. The Morgan fingerprint density at radius 3 is 2.47 bits per heavy atom. The summed E-state index contributed by atoms with van der Waals surface area (Å²) in [6.45, 7) is 0. The van der Waals surface area contributed by atoms with Crippen LogP contribution < -0.4 is 4.74 Å². The van der Waals surface area contributed by atoms with E-state index in [9.17, 15) is 4.79 Å². The van der Waals surface area contributed by atoms with Crippen molar-refractivity contribution in [1.29, 1.82) is 0 Å². The van der Waals surface area contributed by atoms with Crippen molar-refractivity contribution >= 4 is 5.91 Å². The Bertz CT molecular complexity index is 402. The number of methoxy groups -OCH3 is 1. The molecule has 1 saturated carbocycles. The van der Waals surface area contributed by atoms with Gasteiger partial charge >= 0.3 is 0 Å². The Morgan fingerprint density at radius 1 is 1.29 bits per heavy atom. The Labute approximate surface area is 101 Å². The lowest BCUT2D eigenvalue weighted by Gasteiger charge is -2.13. The van der Waals surface area contributed by atoms with Crippen molar-refractivity contribution in [2.24, 2.45) is 5.92 Å². The second kappa shape index (κ2) is 4.75. The zero-order chi connectivity index (χ0) is 12.4. The maximum atomic E-state index is 11.8. The first-order valence-electron chi connectivity index (χ1n) is 5.63. The fourth-order valence-corrected chi connectivity index (χ4v) is 2.01. The molecule has 0 aliphatic heterocycles. The minimum Gasteiger partial charge on any atom is -0.497 e. The predicted octanol–water partition coefficient (Wildman–Crippen LogP) is 1.82. The van der Waals surface area contributed by atoms with Crippen LogP contribution in [0.25, 0.3) is 0 Å². The molecule has 1 aliphatic rings. The summed E-state index contributed by atoms with van der Waals surface area (Å²) >= 11 is 0. The summed E-state index contributed by atoms with van der Waals surface area (Å²) in [4.78, 5) is 16.7. The molecule has 0 N–H and O–H groups in total. The molecule has 4 nitrogen and oxygen atoms in total. The van der Waals surface area contributed by atoms with Crippen molar-refractivity contribution in [3.8, 4) is 5.75 Å². The molecule has 1 aromatic carbocycles. The van der Waals surface area contributed by atoms with Crippen molar-refractivity contribution in [2.45, 2.75) is 12.3 Å². The average Bonchev–Trinajstić information content (AvgIpc) is 3.17. The number of hydroxylamine groups is 2. The maximum absolute atomic E-state index is 11.8. The van der Waals surface area contributed by atoms with Gasteiger partial charge in [0.25, 0.3) is 0 Å². The number of hydrogen-bond acceptors (Lipinski definition) is 3. The molecule has 2 rings (SSSR count). The van der Waals surface area contributed by atoms with Crippen molar-refractivity contribution in [3.63, 3.8) is 0 Å². The van der Waals surface area contributed by atoms with E-state index < -0.39 is 0 Å². The number of carbonyl (C=O) groups excluding carboxylic acids is 1. The van der Waals surface area contributed by atoms with Crippen LogP contribution in [-0.4, -0.2) is 32.2 Å². The lowest BCUT2D eigenvalue weighted by molar-refractivity contribution is -0.170. The number of amides is 1. The summed E-state index contributed by atoms with van der Waals surface area (Å²) in [6.07, 6.45) is 0.902. The average molecular weight is 235 g/mol. The lowest BCUT2D eigenvalue weighted by atomic mass is 10.1. The number of benzene rings is 1. The molecule has 1 amide bonds. The van der Waals surface area contributed by atoms with E-state index >= 15 is 0 Å². The first kappa shape index (κ1) is 11.9. The van der Waals surface area contributed by atoms with E-state index in [1.807, 2.05) is 24.3 Å². The van der Waals surface area contributed by atoms with Gasteiger partial charge in [-0.15, -0.1) is 0 Å². The van der Waals surface area contributed by atoms with Gasteiger partial charge in [0.1, 0.15) is 5.75 Å². The molecule has 2 atom stereocenters. The highest BCUT2D eigenvalue weighted by atomic mass is 16.7. The molecular formula is C13H17NO3. The van der Waals surface area contributed by atoms with E-state index in [2.05, 4.69) is 0 Å². The van der Waals surface area contributed by atoms with Crippen molar-refractivity contribution in [2.75, 3.05) is 21.3 Å². The molecule has 0 unspecified atom stereocenters. The normalized spacial score (nSPS) is 22.1. The van der Waals surface area contributed by atoms with Gasteiger partial charge in [-0.3, -0.25) is 9.63 Å². The van der Waals surface area contributed by atoms with Gasteiger partial charge in [-0.05, 0) is 30.0 Å². The topological polar surface area (TPSA) is 38.8 Å². The highest BCUT2D eigenvalue weighted by Crippen LogP contribution is 2.48. The summed E-state index contributed by atoms with van der Waals surface area (Å²) in [5.41, 5.74) is 1.19.